The number of amidine groups is 1. The number of halogens is 2. The minimum atomic E-state index is -0.499. The van der Waals surface area contributed by atoms with E-state index >= 15 is 0 Å². The third-order valence-electron chi connectivity index (χ3n) is 5.98. The number of ether oxygens (including phenoxy) is 1. The normalized spacial score (nSPS) is 15.0. The standard InChI is InChI=1S/C30H21ClFN5O6S/c31-21-5-12-26(43-18-28(38)34-23-8-6-22(32)7-9-23)20(14-21)15-27-29(39)36(17-25-2-1-13-42-25)30(44-27)35-33-16-19-3-10-24(11-4-19)37(40)41/h1-16H,17-18H2,(H,34,38)/b27-15-,33-16+,35-30-. The van der Waals surface area contributed by atoms with Crippen LogP contribution in [0.15, 0.2) is 105 Å². The van der Waals surface area contributed by atoms with E-state index in [-0.39, 0.29) is 34.8 Å². The van der Waals surface area contributed by atoms with Crippen LogP contribution in [-0.4, -0.2) is 39.6 Å². The fourth-order valence-electron chi connectivity index (χ4n) is 3.89. The van der Waals surface area contributed by atoms with Gasteiger partial charge in [-0.05, 0) is 90.1 Å². The number of carbonyl (C=O) groups excluding carboxylic acids is 2. The van der Waals surface area contributed by atoms with Crippen molar-refractivity contribution in [3.8, 4) is 5.75 Å². The van der Waals surface area contributed by atoms with E-state index in [2.05, 4.69) is 15.5 Å². The molecule has 0 bridgehead atoms. The van der Waals surface area contributed by atoms with Gasteiger partial charge in [0.2, 0.25) is 0 Å². The molecule has 2 heterocycles. The lowest BCUT2D eigenvalue weighted by Gasteiger charge is -2.13. The summed E-state index contributed by atoms with van der Waals surface area (Å²) in [5, 5.41) is 22.5. The van der Waals surface area contributed by atoms with Crippen LogP contribution in [0.25, 0.3) is 6.08 Å². The van der Waals surface area contributed by atoms with E-state index in [4.69, 9.17) is 20.8 Å². The molecule has 222 valence electrons. The van der Waals surface area contributed by atoms with Gasteiger partial charge in [0.05, 0.1) is 28.9 Å². The lowest BCUT2D eigenvalue weighted by atomic mass is 10.2. The van der Waals surface area contributed by atoms with Gasteiger partial charge in [0.15, 0.2) is 11.8 Å². The number of non-ortho nitro benzene ring substituents is 1. The Morgan fingerprint density at radius 3 is 2.61 bits per heavy atom. The van der Waals surface area contributed by atoms with Crippen molar-refractivity contribution in [2.24, 2.45) is 10.2 Å². The first-order chi connectivity index (χ1) is 21.2. The molecule has 3 aromatic carbocycles. The third-order valence-corrected chi connectivity index (χ3v) is 7.21. The van der Waals surface area contributed by atoms with Gasteiger partial charge in [-0.1, -0.05) is 11.6 Å². The average molecular weight is 634 g/mol. The number of rotatable bonds is 10. The van der Waals surface area contributed by atoms with Gasteiger partial charge in [-0.25, -0.2) is 4.39 Å². The lowest BCUT2D eigenvalue weighted by molar-refractivity contribution is -0.384. The summed E-state index contributed by atoms with van der Waals surface area (Å²) < 4.78 is 24.3. The van der Waals surface area contributed by atoms with Crippen LogP contribution in [0.2, 0.25) is 5.02 Å². The predicted molar refractivity (Wildman–Crippen MR) is 165 cm³/mol. The van der Waals surface area contributed by atoms with Crippen LogP contribution in [0.4, 0.5) is 15.8 Å². The number of amides is 2. The topological polar surface area (TPSA) is 140 Å². The Hall–Kier alpha value is -5.27. The molecule has 1 aromatic heterocycles. The van der Waals surface area contributed by atoms with Gasteiger partial charge in [-0.2, -0.15) is 5.10 Å². The number of carbonyl (C=O) groups is 2. The maximum Gasteiger partial charge on any atom is 0.269 e. The molecule has 0 radical (unpaired) electrons. The number of nitro groups is 1. The first-order valence-electron chi connectivity index (χ1n) is 12.8. The summed E-state index contributed by atoms with van der Waals surface area (Å²) in [6.45, 7) is -0.268. The molecule has 0 atom stereocenters. The Labute approximate surface area is 258 Å². The van der Waals surface area contributed by atoms with Gasteiger partial charge in [0.1, 0.15) is 17.3 Å². The van der Waals surface area contributed by atoms with Crippen molar-refractivity contribution in [3.63, 3.8) is 0 Å². The van der Waals surface area contributed by atoms with Crippen molar-refractivity contribution in [3.05, 3.63) is 128 Å². The first-order valence-corrected chi connectivity index (χ1v) is 14.0. The second-order valence-electron chi connectivity index (χ2n) is 9.08. The second kappa shape index (κ2) is 13.8. The van der Waals surface area contributed by atoms with E-state index in [1.807, 2.05) is 0 Å². The molecule has 1 aliphatic rings. The van der Waals surface area contributed by atoms with Crippen LogP contribution in [0.3, 0.4) is 0 Å². The van der Waals surface area contributed by atoms with Crippen molar-refractivity contribution >= 4 is 64.0 Å². The largest absolute Gasteiger partial charge is 0.483 e. The molecule has 14 heteroatoms. The van der Waals surface area contributed by atoms with E-state index in [0.29, 0.717) is 33.3 Å². The number of nitro benzene ring substituents is 1. The van der Waals surface area contributed by atoms with Crippen LogP contribution in [0.1, 0.15) is 16.9 Å². The number of anilines is 1. The molecule has 2 amide bonds. The summed E-state index contributed by atoms with van der Waals surface area (Å²) in [7, 11) is 0. The monoisotopic (exact) mass is 633 g/mol. The maximum atomic E-state index is 13.5. The molecule has 1 N–H and O–H groups in total. The van der Waals surface area contributed by atoms with Crippen molar-refractivity contribution in [2.45, 2.75) is 6.54 Å². The van der Waals surface area contributed by atoms with Crippen molar-refractivity contribution < 1.29 is 28.1 Å². The van der Waals surface area contributed by atoms with Crippen molar-refractivity contribution in [1.82, 2.24) is 4.90 Å². The number of benzene rings is 3. The summed E-state index contributed by atoms with van der Waals surface area (Å²) in [5.41, 5.74) is 1.37. The highest BCUT2D eigenvalue weighted by Crippen LogP contribution is 2.36. The predicted octanol–water partition coefficient (Wildman–Crippen LogP) is 6.50. The van der Waals surface area contributed by atoms with Crippen LogP contribution < -0.4 is 10.1 Å². The van der Waals surface area contributed by atoms with Gasteiger partial charge in [0, 0.05) is 28.4 Å². The van der Waals surface area contributed by atoms with E-state index in [0.717, 1.165) is 11.8 Å². The van der Waals surface area contributed by atoms with E-state index in [1.54, 1.807) is 36.4 Å². The Balaban J connectivity index is 1.36. The highest BCUT2D eigenvalue weighted by Gasteiger charge is 2.34. The molecule has 44 heavy (non-hydrogen) atoms. The zero-order valence-electron chi connectivity index (χ0n) is 22.6. The summed E-state index contributed by atoms with van der Waals surface area (Å²) in [4.78, 5) is 38.0. The zero-order chi connectivity index (χ0) is 31.1. The fraction of sp³-hybridized carbons (Fsp3) is 0.0667. The molecule has 4 aromatic rings. The number of thioether (sulfide) groups is 1. The molecule has 1 aliphatic heterocycles. The van der Waals surface area contributed by atoms with Gasteiger partial charge in [0.25, 0.3) is 17.5 Å². The van der Waals surface area contributed by atoms with E-state index in [1.165, 1.54) is 65.9 Å². The maximum absolute atomic E-state index is 13.5. The number of nitrogens with one attached hydrogen (secondary N) is 1. The Bertz CT molecular complexity index is 1780. The van der Waals surface area contributed by atoms with E-state index in [9.17, 15) is 24.1 Å². The minimum absolute atomic E-state index is 0.0531. The molecule has 1 saturated heterocycles. The minimum Gasteiger partial charge on any atom is -0.483 e. The van der Waals surface area contributed by atoms with Crippen molar-refractivity contribution in [1.29, 1.82) is 0 Å². The molecule has 0 saturated carbocycles. The molecular formula is C30H21ClFN5O6S. The molecule has 1 fully saturated rings. The number of hydrogen-bond acceptors (Lipinski definition) is 9. The molecular weight excluding hydrogens is 613 g/mol. The smallest absolute Gasteiger partial charge is 0.269 e. The molecule has 0 unspecified atom stereocenters. The summed E-state index contributed by atoms with van der Waals surface area (Å²) >= 11 is 7.30. The van der Waals surface area contributed by atoms with Crippen molar-refractivity contribution in [2.75, 3.05) is 11.9 Å². The summed E-state index contributed by atoms with van der Waals surface area (Å²) in [6.07, 6.45) is 4.48. The molecule has 11 nitrogen and oxygen atoms in total. The number of nitrogens with zero attached hydrogens (tertiary/aromatic N) is 4. The highest BCUT2D eigenvalue weighted by molar-refractivity contribution is 8.18. The molecule has 5 rings (SSSR count). The fourth-order valence-corrected chi connectivity index (χ4v) is 4.99. The lowest BCUT2D eigenvalue weighted by Crippen LogP contribution is -2.28. The SMILES string of the molecule is O=C(COc1ccc(Cl)cc1/C=C1\S/C(=N\N=C\c2ccc([N+](=O)[O-])cc2)N(Cc2ccco2)C1=O)Nc1ccc(F)cc1. The van der Waals surface area contributed by atoms with Crippen LogP contribution in [-0.2, 0) is 16.1 Å². The number of furan rings is 1. The Morgan fingerprint density at radius 2 is 1.91 bits per heavy atom. The highest BCUT2D eigenvalue weighted by atomic mass is 35.5. The van der Waals surface area contributed by atoms with Gasteiger partial charge in [-0.3, -0.25) is 24.6 Å². The average Bonchev–Trinajstić information content (AvgIpc) is 3.62. The van der Waals surface area contributed by atoms with Crippen LogP contribution >= 0.6 is 23.4 Å². The van der Waals surface area contributed by atoms with E-state index < -0.39 is 16.6 Å². The zero-order valence-corrected chi connectivity index (χ0v) is 24.1. The molecule has 0 spiro atoms. The third kappa shape index (κ3) is 7.76. The second-order valence-corrected chi connectivity index (χ2v) is 10.5. The molecule has 0 aliphatic carbocycles. The quantitative estimate of drug-likeness (QED) is 0.0909. The number of hydrogen-bond donors (Lipinski definition) is 1. The van der Waals surface area contributed by atoms with Gasteiger partial charge < -0.3 is 14.5 Å². The Morgan fingerprint density at radius 1 is 1.14 bits per heavy atom. The first kappa shape index (κ1) is 30.2. The van der Waals surface area contributed by atoms with Gasteiger partial charge >= 0.3 is 0 Å². The Kier molecular flexibility index (Phi) is 9.47. The summed E-state index contributed by atoms with van der Waals surface area (Å²) in [5.74, 6) is -0.461. The van der Waals surface area contributed by atoms with Crippen LogP contribution in [0, 0.1) is 15.9 Å². The summed E-state index contributed by atoms with van der Waals surface area (Å²) in [6, 6.07) is 19.2. The van der Waals surface area contributed by atoms with Crippen LogP contribution in [0.5, 0.6) is 5.75 Å². The van der Waals surface area contributed by atoms with Gasteiger partial charge in [-0.15, -0.1) is 5.10 Å².